The second-order valence-corrected chi connectivity index (χ2v) is 19.1. The molecule has 17 heteroatoms. The number of alkyl halides is 2. The lowest BCUT2D eigenvalue weighted by Gasteiger charge is -2.35. The number of benzene rings is 2. The fraction of sp³-hybridized carbons (Fsp3) is 0.525. The maximum absolute atomic E-state index is 16.8. The molecular weight excluding hydrogens is 780 g/mol. The number of fused-ring (bicyclic) bond motifs is 3. The van der Waals surface area contributed by atoms with Crippen molar-refractivity contribution in [2.45, 2.75) is 102 Å². The predicted molar refractivity (Wildman–Crippen MR) is 209 cm³/mol. The zero-order valence-corrected chi connectivity index (χ0v) is 33.7. The minimum atomic E-state index is -4.56. The molecule has 57 heavy (non-hydrogen) atoms. The molecule has 1 aliphatic carbocycles. The van der Waals surface area contributed by atoms with Crippen molar-refractivity contribution in [2.75, 3.05) is 19.6 Å². The van der Waals surface area contributed by atoms with Crippen molar-refractivity contribution in [1.29, 1.82) is 0 Å². The predicted octanol–water partition coefficient (Wildman–Crippen LogP) is 5.90. The van der Waals surface area contributed by atoms with E-state index in [1.165, 1.54) is 43.0 Å². The molecule has 3 aromatic rings. The van der Waals surface area contributed by atoms with Crippen LogP contribution in [0.2, 0.25) is 0 Å². The van der Waals surface area contributed by atoms with Crippen molar-refractivity contribution in [3.63, 3.8) is 0 Å². The molecule has 1 saturated carbocycles. The summed E-state index contributed by atoms with van der Waals surface area (Å²) in [6.45, 7) is 4.40. The normalized spacial score (nSPS) is 27.8. The number of amides is 4. The standard InChI is InChI=1S/C40H48F2N5O8PS/c1-4-14-46(22(2)40(52)53)56(54,55-29-8-6-5-7-9-29)36(42)24-10-13-34-27(15-24)19-35(57-34)38(50)43-31-18-26-16-25(26)17-28-11-12-33(47(28)39(31)51)37(49)44-32-21-45(23(3)48)20-30(32)41/h5-10,13,15,19,22,25-26,28,30-33,36H,4,11-12,14,16-18,20-21H2,1-3H3,(H,43,50)(H,44,49)(H,52,53)/t22-,25-,26+,28+,30-,31-,32-,33-,36?,56?/m0/s1. The van der Waals surface area contributed by atoms with Gasteiger partial charge in [0.25, 0.3) is 5.91 Å². The van der Waals surface area contributed by atoms with E-state index in [9.17, 15) is 38.0 Å². The summed E-state index contributed by atoms with van der Waals surface area (Å²) >= 11 is 1.14. The molecule has 2 unspecified atom stereocenters. The molecule has 3 N–H and O–H groups in total. The van der Waals surface area contributed by atoms with E-state index >= 15 is 4.39 Å². The SMILES string of the molecule is CCCN([C@@H](C)C(=O)O)P(=O)(Oc1ccccc1)C(F)c1ccc2sc(C(=O)N[C@H]3C[C@H]4C[C@H]4C[C@H]4CC[C@@H](C(=O)N[C@H]5CN(C(C)=O)C[C@@H]5F)N4C3=O)cc2c1. The minimum absolute atomic E-state index is 0.00738. The average molecular weight is 828 g/mol. The minimum Gasteiger partial charge on any atom is -0.480 e. The molecule has 4 aliphatic rings. The second kappa shape index (κ2) is 16.5. The van der Waals surface area contributed by atoms with Gasteiger partial charge >= 0.3 is 13.5 Å². The first-order valence-corrected chi connectivity index (χ1v) is 22.0. The molecule has 3 aliphatic heterocycles. The van der Waals surface area contributed by atoms with Crippen molar-refractivity contribution in [1.82, 2.24) is 25.1 Å². The smallest absolute Gasteiger partial charge is 0.358 e. The third kappa shape index (κ3) is 8.31. The van der Waals surface area contributed by atoms with E-state index in [4.69, 9.17) is 4.52 Å². The molecule has 0 radical (unpaired) electrons. The van der Waals surface area contributed by atoms with Crippen LogP contribution in [0, 0.1) is 11.8 Å². The van der Waals surface area contributed by atoms with E-state index in [0.717, 1.165) is 28.8 Å². The number of carboxylic acid groups (broad SMARTS) is 1. The lowest BCUT2D eigenvalue weighted by Crippen LogP contribution is -2.58. The quantitative estimate of drug-likeness (QED) is 0.178. The highest BCUT2D eigenvalue weighted by molar-refractivity contribution is 7.57. The van der Waals surface area contributed by atoms with Gasteiger partial charge in [-0.25, -0.2) is 13.5 Å². The van der Waals surface area contributed by atoms with Crippen molar-refractivity contribution in [3.8, 4) is 5.75 Å². The summed E-state index contributed by atoms with van der Waals surface area (Å²) in [7, 11) is -4.56. The van der Waals surface area contributed by atoms with E-state index in [1.807, 2.05) is 0 Å². The molecule has 13 nitrogen and oxygen atoms in total. The Morgan fingerprint density at radius 2 is 1.77 bits per heavy atom. The van der Waals surface area contributed by atoms with Crippen LogP contribution in [-0.2, 0) is 23.7 Å². The summed E-state index contributed by atoms with van der Waals surface area (Å²) in [5.74, 6) is -4.41. The van der Waals surface area contributed by atoms with Crippen molar-refractivity contribution in [2.24, 2.45) is 11.8 Å². The van der Waals surface area contributed by atoms with Gasteiger partial charge in [-0.05, 0) is 98.6 Å². The summed E-state index contributed by atoms with van der Waals surface area (Å²) in [5, 5.41) is 16.0. The first-order chi connectivity index (χ1) is 27.2. The highest BCUT2D eigenvalue weighted by atomic mass is 32.1. The van der Waals surface area contributed by atoms with E-state index in [0.29, 0.717) is 41.7 Å². The molecule has 4 fully saturated rings. The Morgan fingerprint density at radius 3 is 2.46 bits per heavy atom. The Balaban J connectivity index is 1.10. The second-order valence-electron chi connectivity index (χ2n) is 15.7. The third-order valence-electron chi connectivity index (χ3n) is 11.8. The highest BCUT2D eigenvalue weighted by Crippen LogP contribution is 2.64. The Bertz CT molecular complexity index is 2090. The van der Waals surface area contributed by atoms with Gasteiger partial charge in [-0.1, -0.05) is 31.2 Å². The van der Waals surface area contributed by atoms with Crippen LogP contribution in [-0.4, -0.2) is 105 Å². The molecule has 4 amide bonds. The zero-order chi connectivity index (χ0) is 40.8. The van der Waals surface area contributed by atoms with Gasteiger partial charge in [0.1, 0.15) is 30.0 Å². The number of rotatable bonds is 13. The van der Waals surface area contributed by atoms with Crippen LogP contribution >= 0.6 is 18.9 Å². The van der Waals surface area contributed by atoms with Gasteiger partial charge in [0, 0.05) is 30.8 Å². The number of carbonyl (C=O) groups is 5. The van der Waals surface area contributed by atoms with Crippen LogP contribution < -0.4 is 15.2 Å². The van der Waals surface area contributed by atoms with E-state index < -0.39 is 61.6 Å². The molecule has 2 aromatic carbocycles. The van der Waals surface area contributed by atoms with Crippen LogP contribution in [0.15, 0.2) is 54.6 Å². The summed E-state index contributed by atoms with van der Waals surface area (Å²) in [6, 6.07) is 9.99. The van der Waals surface area contributed by atoms with Crippen molar-refractivity contribution >= 4 is 58.5 Å². The highest BCUT2D eigenvalue weighted by Gasteiger charge is 2.52. The van der Waals surface area contributed by atoms with Crippen LogP contribution in [0.3, 0.4) is 0 Å². The van der Waals surface area contributed by atoms with E-state index in [-0.39, 0.29) is 59.6 Å². The molecular formula is C40H48F2N5O8PS. The van der Waals surface area contributed by atoms with Crippen LogP contribution in [0.1, 0.15) is 80.4 Å². The molecule has 0 spiro atoms. The summed E-state index contributed by atoms with van der Waals surface area (Å²) in [6.07, 6.45) is 2.07. The number of likely N-dealkylation sites (tertiary alicyclic amines) is 1. The third-order valence-corrected chi connectivity index (χ3v) is 15.5. The maximum atomic E-state index is 16.8. The first-order valence-electron chi connectivity index (χ1n) is 19.5. The number of carbonyl (C=O) groups excluding carboxylic acids is 4. The Morgan fingerprint density at radius 1 is 1.04 bits per heavy atom. The number of aliphatic carboxylic acids is 1. The number of nitrogens with one attached hydrogen (secondary N) is 2. The number of thiophene rings is 1. The largest absolute Gasteiger partial charge is 0.480 e. The van der Waals surface area contributed by atoms with Gasteiger partial charge in [0.05, 0.1) is 17.5 Å². The van der Waals surface area contributed by atoms with Gasteiger partial charge in [-0.2, -0.15) is 0 Å². The summed E-state index contributed by atoms with van der Waals surface area (Å²) in [5.41, 5.74) is -0.0183. The topological polar surface area (TPSA) is 166 Å². The van der Waals surface area contributed by atoms with Gasteiger partial charge in [0.2, 0.25) is 23.6 Å². The number of hydrogen-bond donors (Lipinski definition) is 3. The summed E-state index contributed by atoms with van der Waals surface area (Å²) < 4.78 is 53.9. The first kappa shape index (κ1) is 40.8. The lowest BCUT2D eigenvalue weighted by molar-refractivity contribution is -0.143. The maximum Gasteiger partial charge on any atom is 0.358 e. The Kier molecular flexibility index (Phi) is 11.8. The number of para-hydroxylation sites is 1. The zero-order valence-electron chi connectivity index (χ0n) is 32.0. The Hall–Kier alpha value is -4.40. The molecule has 4 heterocycles. The lowest BCUT2D eigenvalue weighted by atomic mass is 9.99. The fourth-order valence-corrected chi connectivity index (χ4v) is 12.0. The summed E-state index contributed by atoms with van der Waals surface area (Å²) in [4.78, 5) is 68.8. The fourth-order valence-electron chi connectivity index (χ4n) is 8.61. The number of hydrogen-bond acceptors (Lipinski definition) is 8. The Labute approximate surface area is 333 Å². The van der Waals surface area contributed by atoms with Crippen molar-refractivity contribution in [3.05, 3.63) is 65.0 Å². The van der Waals surface area contributed by atoms with E-state index in [2.05, 4.69) is 10.6 Å². The van der Waals surface area contributed by atoms with Gasteiger partial charge in [-0.15, -0.1) is 11.3 Å². The molecule has 1 aromatic heterocycles. The molecule has 3 saturated heterocycles. The van der Waals surface area contributed by atoms with Crippen LogP contribution in [0.5, 0.6) is 5.75 Å². The van der Waals surface area contributed by atoms with Crippen molar-refractivity contribution < 1.29 is 46.9 Å². The van der Waals surface area contributed by atoms with Gasteiger partial charge < -0.3 is 30.1 Å². The number of halogens is 2. The van der Waals surface area contributed by atoms with Crippen LogP contribution in [0.4, 0.5) is 8.78 Å². The number of nitrogens with zero attached hydrogens (tertiary/aromatic N) is 3. The average Bonchev–Trinajstić information content (AvgIpc) is 3.46. The molecule has 7 rings (SSSR count). The van der Waals surface area contributed by atoms with Crippen LogP contribution in [0.25, 0.3) is 10.1 Å². The van der Waals surface area contributed by atoms with Gasteiger partial charge in [0.15, 0.2) is 0 Å². The van der Waals surface area contributed by atoms with E-state index in [1.54, 1.807) is 42.2 Å². The van der Waals surface area contributed by atoms with Gasteiger partial charge in [-0.3, -0.25) is 28.5 Å². The number of carboxylic acids is 1. The molecule has 0 bridgehead atoms. The molecule has 10 atom stereocenters. The monoisotopic (exact) mass is 827 g/mol. The molecule has 306 valence electrons.